The lowest BCUT2D eigenvalue weighted by Crippen LogP contribution is -2.42. The number of nitrogens with one attached hydrogen (secondary N) is 1. The molecule has 0 spiro atoms. The number of carbonyl (C=O) groups is 2. The van der Waals surface area contributed by atoms with Crippen molar-refractivity contribution in [2.75, 3.05) is 20.1 Å². The average molecular weight is 272 g/mol. The van der Waals surface area contributed by atoms with Crippen molar-refractivity contribution >= 4 is 12.0 Å². The summed E-state index contributed by atoms with van der Waals surface area (Å²) in [4.78, 5) is 23.9. The SMILES string of the molecule is CC(CCNC(=O)N(C)CC(C)(C)C)CCC(=O)O. The van der Waals surface area contributed by atoms with Gasteiger partial charge in [0.25, 0.3) is 0 Å². The highest BCUT2D eigenvalue weighted by atomic mass is 16.4. The molecule has 5 nitrogen and oxygen atoms in total. The molecular weight excluding hydrogens is 244 g/mol. The van der Waals surface area contributed by atoms with Crippen LogP contribution in [0.3, 0.4) is 0 Å². The third-order valence-electron chi connectivity index (χ3n) is 2.82. The lowest BCUT2D eigenvalue weighted by Gasteiger charge is -2.26. The van der Waals surface area contributed by atoms with Crippen LogP contribution in [0.15, 0.2) is 0 Å². The molecule has 0 radical (unpaired) electrons. The fourth-order valence-corrected chi connectivity index (χ4v) is 1.86. The fourth-order valence-electron chi connectivity index (χ4n) is 1.86. The topological polar surface area (TPSA) is 69.6 Å². The van der Waals surface area contributed by atoms with Crippen LogP contribution in [-0.4, -0.2) is 42.1 Å². The van der Waals surface area contributed by atoms with E-state index in [2.05, 4.69) is 26.1 Å². The van der Waals surface area contributed by atoms with E-state index in [9.17, 15) is 9.59 Å². The molecule has 0 aliphatic heterocycles. The summed E-state index contributed by atoms with van der Waals surface area (Å²) in [6, 6.07) is -0.0691. The summed E-state index contributed by atoms with van der Waals surface area (Å²) in [5.41, 5.74) is 0.0842. The number of carboxylic acids is 1. The van der Waals surface area contributed by atoms with Crippen LogP contribution in [0.4, 0.5) is 4.79 Å². The molecule has 0 saturated heterocycles. The third-order valence-corrected chi connectivity index (χ3v) is 2.82. The molecule has 0 aromatic carbocycles. The van der Waals surface area contributed by atoms with E-state index in [1.54, 1.807) is 11.9 Å². The van der Waals surface area contributed by atoms with Crippen LogP contribution in [0, 0.1) is 11.3 Å². The first-order valence-corrected chi connectivity index (χ1v) is 6.82. The van der Waals surface area contributed by atoms with Gasteiger partial charge in [0.15, 0.2) is 0 Å². The number of urea groups is 1. The molecule has 0 aromatic heterocycles. The summed E-state index contributed by atoms with van der Waals surface area (Å²) in [6.45, 7) is 9.57. The second-order valence-electron chi connectivity index (χ2n) is 6.47. The van der Waals surface area contributed by atoms with Gasteiger partial charge in [0, 0.05) is 26.6 Å². The van der Waals surface area contributed by atoms with Crippen LogP contribution in [0.5, 0.6) is 0 Å². The van der Waals surface area contributed by atoms with Crippen molar-refractivity contribution < 1.29 is 14.7 Å². The van der Waals surface area contributed by atoms with Gasteiger partial charge in [-0.05, 0) is 24.2 Å². The maximum Gasteiger partial charge on any atom is 0.317 e. The predicted octanol–water partition coefficient (Wildman–Crippen LogP) is 2.56. The Morgan fingerprint density at radius 3 is 2.32 bits per heavy atom. The Balaban J connectivity index is 3.82. The van der Waals surface area contributed by atoms with E-state index in [1.807, 2.05) is 6.92 Å². The van der Waals surface area contributed by atoms with Gasteiger partial charge in [-0.25, -0.2) is 4.79 Å². The van der Waals surface area contributed by atoms with E-state index < -0.39 is 5.97 Å². The number of carboxylic acid groups (broad SMARTS) is 1. The fraction of sp³-hybridized carbons (Fsp3) is 0.857. The number of hydrogen-bond acceptors (Lipinski definition) is 2. The minimum absolute atomic E-state index is 0.0691. The number of nitrogens with zero attached hydrogens (tertiary/aromatic N) is 1. The third kappa shape index (κ3) is 10.4. The van der Waals surface area contributed by atoms with Crippen LogP contribution in [-0.2, 0) is 4.79 Å². The molecule has 0 aromatic rings. The molecule has 0 heterocycles. The minimum atomic E-state index is -0.763. The van der Waals surface area contributed by atoms with Crippen molar-refractivity contribution in [2.24, 2.45) is 11.3 Å². The van der Waals surface area contributed by atoms with E-state index in [4.69, 9.17) is 5.11 Å². The summed E-state index contributed by atoms with van der Waals surface area (Å²) in [5.74, 6) is -0.454. The van der Waals surface area contributed by atoms with Crippen LogP contribution in [0.25, 0.3) is 0 Å². The van der Waals surface area contributed by atoms with Crippen LogP contribution >= 0.6 is 0 Å². The van der Waals surface area contributed by atoms with Crippen molar-refractivity contribution in [1.82, 2.24) is 10.2 Å². The predicted molar refractivity (Wildman–Crippen MR) is 76.1 cm³/mol. The molecule has 1 unspecified atom stereocenters. The zero-order chi connectivity index (χ0) is 15.1. The molecule has 0 aliphatic rings. The Kier molecular flexibility index (Phi) is 7.49. The molecule has 0 saturated carbocycles. The second kappa shape index (κ2) is 8.02. The molecule has 5 heteroatoms. The van der Waals surface area contributed by atoms with Crippen molar-refractivity contribution in [2.45, 2.75) is 47.0 Å². The Morgan fingerprint density at radius 2 is 1.84 bits per heavy atom. The maximum absolute atomic E-state index is 11.8. The lowest BCUT2D eigenvalue weighted by atomic mass is 9.96. The van der Waals surface area contributed by atoms with Gasteiger partial charge >= 0.3 is 12.0 Å². The van der Waals surface area contributed by atoms with Crippen LogP contribution in [0.2, 0.25) is 0 Å². The quantitative estimate of drug-likeness (QED) is 0.748. The summed E-state index contributed by atoms with van der Waals surface area (Å²) >= 11 is 0. The Hall–Kier alpha value is -1.26. The van der Waals surface area contributed by atoms with Crippen molar-refractivity contribution in [1.29, 1.82) is 0 Å². The molecule has 112 valence electrons. The number of aliphatic carboxylic acids is 1. The van der Waals surface area contributed by atoms with Crippen LogP contribution < -0.4 is 5.32 Å². The van der Waals surface area contributed by atoms with Crippen LogP contribution in [0.1, 0.15) is 47.0 Å². The first kappa shape index (κ1) is 17.7. The monoisotopic (exact) mass is 272 g/mol. The Bertz CT molecular complexity index is 298. The van der Waals surface area contributed by atoms with E-state index in [0.717, 1.165) is 6.42 Å². The summed E-state index contributed by atoms with van der Waals surface area (Å²) in [5, 5.41) is 11.4. The lowest BCUT2D eigenvalue weighted by molar-refractivity contribution is -0.137. The van der Waals surface area contributed by atoms with E-state index >= 15 is 0 Å². The van der Waals surface area contributed by atoms with Gasteiger partial charge in [0.05, 0.1) is 0 Å². The standard InChI is InChI=1S/C14H28N2O3/c1-11(6-7-12(17)18)8-9-15-13(19)16(5)10-14(2,3)4/h11H,6-10H2,1-5H3,(H,15,19)(H,17,18). The van der Waals surface area contributed by atoms with Crippen molar-refractivity contribution in [3.63, 3.8) is 0 Å². The molecule has 19 heavy (non-hydrogen) atoms. The van der Waals surface area contributed by atoms with E-state index in [1.165, 1.54) is 0 Å². The minimum Gasteiger partial charge on any atom is -0.481 e. The number of amides is 2. The first-order valence-electron chi connectivity index (χ1n) is 6.82. The van der Waals surface area contributed by atoms with Crippen molar-refractivity contribution in [3.8, 4) is 0 Å². The molecule has 2 amide bonds. The second-order valence-corrected chi connectivity index (χ2v) is 6.47. The van der Waals surface area contributed by atoms with Gasteiger partial charge in [0.1, 0.15) is 0 Å². The molecule has 2 N–H and O–H groups in total. The molecule has 1 atom stereocenters. The molecule has 0 aliphatic carbocycles. The number of rotatable bonds is 7. The average Bonchev–Trinajstić information content (AvgIpc) is 2.23. The number of carbonyl (C=O) groups excluding carboxylic acids is 1. The van der Waals surface area contributed by atoms with Gasteiger partial charge in [-0.2, -0.15) is 0 Å². The highest BCUT2D eigenvalue weighted by Crippen LogP contribution is 2.14. The smallest absolute Gasteiger partial charge is 0.317 e. The summed E-state index contributed by atoms with van der Waals surface area (Å²) < 4.78 is 0. The first-order chi connectivity index (χ1) is 8.61. The molecule has 0 bridgehead atoms. The highest BCUT2D eigenvalue weighted by molar-refractivity contribution is 5.73. The largest absolute Gasteiger partial charge is 0.481 e. The molecule has 0 rings (SSSR count). The highest BCUT2D eigenvalue weighted by Gasteiger charge is 2.17. The zero-order valence-electron chi connectivity index (χ0n) is 12.8. The summed E-state index contributed by atoms with van der Waals surface area (Å²) in [7, 11) is 1.79. The van der Waals surface area contributed by atoms with Gasteiger partial charge in [0.2, 0.25) is 0 Å². The van der Waals surface area contributed by atoms with Crippen molar-refractivity contribution in [3.05, 3.63) is 0 Å². The Labute approximate surface area is 116 Å². The van der Waals surface area contributed by atoms with Gasteiger partial charge in [-0.15, -0.1) is 0 Å². The van der Waals surface area contributed by atoms with E-state index in [-0.39, 0.29) is 17.9 Å². The molecule has 0 fully saturated rings. The van der Waals surface area contributed by atoms with Gasteiger partial charge in [-0.3, -0.25) is 4.79 Å². The normalized spacial score (nSPS) is 12.9. The molecular formula is C14H28N2O3. The maximum atomic E-state index is 11.8. The van der Waals surface area contributed by atoms with Gasteiger partial charge < -0.3 is 15.3 Å². The van der Waals surface area contributed by atoms with Gasteiger partial charge in [-0.1, -0.05) is 27.7 Å². The Morgan fingerprint density at radius 1 is 1.26 bits per heavy atom. The zero-order valence-corrected chi connectivity index (χ0v) is 12.8. The summed E-state index contributed by atoms with van der Waals surface area (Å²) in [6.07, 6.45) is 1.66. The van der Waals surface area contributed by atoms with E-state index in [0.29, 0.717) is 25.4 Å². The number of hydrogen-bond donors (Lipinski definition) is 2.